The third kappa shape index (κ3) is 2.98. The number of rotatable bonds is 4. The van der Waals surface area contributed by atoms with Crippen LogP contribution in [0.15, 0.2) is 24.3 Å². The van der Waals surface area contributed by atoms with Crippen LogP contribution in [0.4, 0.5) is 0 Å². The van der Waals surface area contributed by atoms with Crippen LogP contribution in [0.2, 0.25) is 0 Å². The van der Waals surface area contributed by atoms with Gasteiger partial charge in [0.15, 0.2) is 6.10 Å². The number of para-hydroxylation sites is 1. The number of hydrogen-bond acceptors (Lipinski definition) is 3. The number of benzene rings is 1. The molecule has 0 N–H and O–H groups in total. The first kappa shape index (κ1) is 11.6. The zero-order valence-corrected chi connectivity index (χ0v) is 9.32. The Balaban J connectivity index is 2.75. The Morgan fingerprint density at radius 3 is 2.67 bits per heavy atom. The topological polar surface area (TPSA) is 35.5 Å². The van der Waals surface area contributed by atoms with Gasteiger partial charge in [-0.05, 0) is 25.0 Å². The molecule has 1 aromatic carbocycles. The highest BCUT2D eigenvalue weighted by Crippen LogP contribution is 2.19. The average molecular weight is 208 g/mol. The average Bonchev–Trinajstić information content (AvgIpc) is 2.28. The lowest BCUT2D eigenvalue weighted by atomic mass is 10.1. The lowest BCUT2D eigenvalue weighted by Crippen LogP contribution is -2.25. The molecule has 3 nitrogen and oxygen atoms in total. The number of aryl methyl sites for hydroxylation is 1. The van der Waals surface area contributed by atoms with Crippen LogP contribution in [0.25, 0.3) is 0 Å². The summed E-state index contributed by atoms with van der Waals surface area (Å²) in [5.41, 5.74) is 1.09. The van der Waals surface area contributed by atoms with Gasteiger partial charge in [-0.25, -0.2) is 4.79 Å². The third-order valence-electron chi connectivity index (χ3n) is 2.19. The summed E-state index contributed by atoms with van der Waals surface area (Å²) in [5.74, 6) is 0.388. The maximum atomic E-state index is 11.2. The maximum absolute atomic E-state index is 11.2. The van der Waals surface area contributed by atoms with Crippen molar-refractivity contribution >= 4 is 5.97 Å². The summed E-state index contributed by atoms with van der Waals surface area (Å²) in [6.45, 7) is 3.73. The molecule has 82 valence electrons. The van der Waals surface area contributed by atoms with Gasteiger partial charge in [0.05, 0.1) is 7.11 Å². The molecular weight excluding hydrogens is 192 g/mol. The van der Waals surface area contributed by atoms with E-state index in [-0.39, 0.29) is 5.97 Å². The van der Waals surface area contributed by atoms with E-state index in [0.717, 1.165) is 17.7 Å². The van der Waals surface area contributed by atoms with Crippen molar-refractivity contribution in [2.75, 3.05) is 7.11 Å². The Kier molecular flexibility index (Phi) is 4.16. The molecule has 0 unspecified atom stereocenters. The molecule has 1 aromatic rings. The van der Waals surface area contributed by atoms with E-state index in [1.165, 1.54) is 7.11 Å². The van der Waals surface area contributed by atoms with E-state index in [2.05, 4.69) is 4.74 Å². The SMILES string of the molecule is CCc1ccccc1O[C@H](C)C(=O)OC. The van der Waals surface area contributed by atoms with Crippen LogP contribution in [0, 0.1) is 0 Å². The van der Waals surface area contributed by atoms with Gasteiger partial charge in [-0.15, -0.1) is 0 Å². The molecule has 15 heavy (non-hydrogen) atoms. The van der Waals surface area contributed by atoms with Crippen molar-refractivity contribution in [1.29, 1.82) is 0 Å². The van der Waals surface area contributed by atoms with E-state index < -0.39 is 6.10 Å². The number of esters is 1. The standard InChI is InChI=1S/C12H16O3/c1-4-10-7-5-6-8-11(10)15-9(2)12(13)14-3/h5-9H,4H2,1-3H3/t9-/m1/s1. The molecule has 0 aliphatic heterocycles. The van der Waals surface area contributed by atoms with Crippen LogP contribution in [-0.4, -0.2) is 19.2 Å². The van der Waals surface area contributed by atoms with E-state index in [4.69, 9.17) is 4.74 Å². The second kappa shape index (κ2) is 5.39. The van der Waals surface area contributed by atoms with E-state index in [1.54, 1.807) is 6.92 Å². The minimum atomic E-state index is -0.567. The van der Waals surface area contributed by atoms with Crippen LogP contribution in [0.3, 0.4) is 0 Å². The van der Waals surface area contributed by atoms with Crippen LogP contribution >= 0.6 is 0 Å². The predicted octanol–water partition coefficient (Wildman–Crippen LogP) is 2.19. The monoisotopic (exact) mass is 208 g/mol. The van der Waals surface area contributed by atoms with Crippen molar-refractivity contribution in [3.05, 3.63) is 29.8 Å². The van der Waals surface area contributed by atoms with E-state index in [9.17, 15) is 4.79 Å². The van der Waals surface area contributed by atoms with Crippen molar-refractivity contribution in [3.8, 4) is 5.75 Å². The van der Waals surface area contributed by atoms with Crippen molar-refractivity contribution in [2.24, 2.45) is 0 Å². The highest BCUT2D eigenvalue weighted by atomic mass is 16.6. The van der Waals surface area contributed by atoms with Gasteiger partial charge < -0.3 is 9.47 Å². The molecule has 0 aliphatic carbocycles. The van der Waals surface area contributed by atoms with Crippen LogP contribution in [-0.2, 0) is 16.0 Å². The zero-order chi connectivity index (χ0) is 11.3. The highest BCUT2D eigenvalue weighted by molar-refractivity contribution is 5.74. The minimum absolute atomic E-state index is 0.360. The van der Waals surface area contributed by atoms with Crippen molar-refractivity contribution in [2.45, 2.75) is 26.4 Å². The fourth-order valence-corrected chi connectivity index (χ4v) is 1.32. The summed E-state index contributed by atoms with van der Waals surface area (Å²) >= 11 is 0. The van der Waals surface area contributed by atoms with Crippen LogP contribution in [0.5, 0.6) is 5.75 Å². The number of hydrogen-bond donors (Lipinski definition) is 0. The molecule has 0 fully saturated rings. The highest BCUT2D eigenvalue weighted by Gasteiger charge is 2.15. The second-order valence-corrected chi connectivity index (χ2v) is 3.24. The zero-order valence-electron chi connectivity index (χ0n) is 9.32. The number of methoxy groups -OCH3 is 1. The van der Waals surface area contributed by atoms with Crippen LogP contribution in [0.1, 0.15) is 19.4 Å². The predicted molar refractivity (Wildman–Crippen MR) is 57.9 cm³/mol. The Bertz CT molecular complexity index is 333. The summed E-state index contributed by atoms with van der Waals surface area (Å²) in [6.07, 6.45) is 0.312. The molecule has 0 aromatic heterocycles. The molecule has 0 saturated heterocycles. The van der Waals surface area contributed by atoms with Gasteiger partial charge in [-0.3, -0.25) is 0 Å². The molecule has 0 heterocycles. The Morgan fingerprint density at radius 2 is 2.07 bits per heavy atom. The lowest BCUT2D eigenvalue weighted by molar-refractivity contribution is -0.147. The maximum Gasteiger partial charge on any atom is 0.346 e. The Labute approximate surface area is 90.0 Å². The molecule has 0 radical (unpaired) electrons. The molecule has 0 amide bonds. The molecule has 0 saturated carbocycles. The first-order valence-corrected chi connectivity index (χ1v) is 5.01. The van der Waals surface area contributed by atoms with Crippen molar-refractivity contribution in [1.82, 2.24) is 0 Å². The normalized spacial score (nSPS) is 11.9. The number of ether oxygens (including phenoxy) is 2. The fraction of sp³-hybridized carbons (Fsp3) is 0.417. The summed E-state index contributed by atoms with van der Waals surface area (Å²) in [4.78, 5) is 11.2. The smallest absolute Gasteiger partial charge is 0.346 e. The van der Waals surface area contributed by atoms with Gasteiger partial charge in [0, 0.05) is 0 Å². The largest absolute Gasteiger partial charge is 0.479 e. The van der Waals surface area contributed by atoms with Crippen molar-refractivity contribution < 1.29 is 14.3 Å². The quantitative estimate of drug-likeness (QED) is 0.711. The molecular formula is C12H16O3. The molecule has 0 aliphatic rings. The summed E-state index contributed by atoms with van der Waals surface area (Å²) < 4.78 is 10.1. The molecule has 0 spiro atoms. The summed E-state index contributed by atoms with van der Waals surface area (Å²) in [6, 6.07) is 7.69. The van der Waals surface area contributed by atoms with E-state index >= 15 is 0 Å². The third-order valence-corrected chi connectivity index (χ3v) is 2.19. The fourth-order valence-electron chi connectivity index (χ4n) is 1.32. The Morgan fingerprint density at radius 1 is 1.40 bits per heavy atom. The molecule has 0 bridgehead atoms. The Hall–Kier alpha value is -1.51. The molecule has 3 heteroatoms. The second-order valence-electron chi connectivity index (χ2n) is 3.24. The van der Waals surface area contributed by atoms with Gasteiger partial charge in [0.25, 0.3) is 0 Å². The van der Waals surface area contributed by atoms with Gasteiger partial charge in [0.2, 0.25) is 0 Å². The summed E-state index contributed by atoms with van der Waals surface area (Å²) in [5, 5.41) is 0. The van der Waals surface area contributed by atoms with Gasteiger partial charge in [-0.2, -0.15) is 0 Å². The molecule has 1 atom stereocenters. The molecule has 1 rings (SSSR count). The van der Waals surface area contributed by atoms with Gasteiger partial charge in [0.1, 0.15) is 5.75 Å². The summed E-state index contributed by atoms with van der Waals surface area (Å²) in [7, 11) is 1.36. The first-order valence-electron chi connectivity index (χ1n) is 5.01. The number of carbonyl (C=O) groups excluding carboxylic acids is 1. The number of carbonyl (C=O) groups is 1. The van der Waals surface area contributed by atoms with E-state index in [0.29, 0.717) is 0 Å². The lowest BCUT2D eigenvalue weighted by Gasteiger charge is -2.14. The minimum Gasteiger partial charge on any atom is -0.479 e. The first-order chi connectivity index (χ1) is 7.19. The van der Waals surface area contributed by atoms with Crippen molar-refractivity contribution in [3.63, 3.8) is 0 Å². The van der Waals surface area contributed by atoms with E-state index in [1.807, 2.05) is 31.2 Å². The van der Waals surface area contributed by atoms with Crippen LogP contribution < -0.4 is 4.74 Å². The van der Waals surface area contributed by atoms with Gasteiger partial charge in [-0.1, -0.05) is 25.1 Å². The van der Waals surface area contributed by atoms with Gasteiger partial charge >= 0.3 is 5.97 Å².